The number of piperazine rings is 1. The first kappa shape index (κ1) is 16.0. The van der Waals surface area contributed by atoms with Gasteiger partial charge < -0.3 is 15.1 Å². The summed E-state index contributed by atoms with van der Waals surface area (Å²) in [6.45, 7) is 8.37. The second-order valence-corrected chi connectivity index (χ2v) is 6.05. The van der Waals surface area contributed by atoms with E-state index in [1.54, 1.807) is 6.20 Å². The van der Waals surface area contributed by atoms with Crippen molar-refractivity contribution in [3.05, 3.63) is 47.4 Å². The molecule has 0 saturated carbocycles. The molecule has 2 aromatic heterocycles. The van der Waals surface area contributed by atoms with Gasteiger partial charge in [-0.25, -0.2) is 9.97 Å². The molecule has 0 aliphatic carbocycles. The van der Waals surface area contributed by atoms with Gasteiger partial charge in [0, 0.05) is 50.8 Å². The Bertz CT molecular complexity index is 640. The smallest absolute Gasteiger partial charge is 0.131 e. The van der Waals surface area contributed by atoms with E-state index >= 15 is 0 Å². The predicted octanol–water partition coefficient (Wildman–Crippen LogP) is 2.88. The molecular formula is C17H22ClN5. The molecule has 0 spiro atoms. The normalized spacial score (nSPS) is 15.7. The summed E-state index contributed by atoms with van der Waals surface area (Å²) < 4.78 is 0. The average Bonchev–Trinajstić information content (AvgIpc) is 2.60. The van der Waals surface area contributed by atoms with E-state index in [1.165, 1.54) is 5.56 Å². The van der Waals surface area contributed by atoms with Crippen LogP contribution in [0.3, 0.4) is 0 Å². The van der Waals surface area contributed by atoms with E-state index in [0.29, 0.717) is 5.15 Å². The van der Waals surface area contributed by atoms with Gasteiger partial charge in [0.05, 0.1) is 0 Å². The van der Waals surface area contributed by atoms with Crippen LogP contribution in [0.5, 0.6) is 0 Å². The Labute approximate surface area is 142 Å². The standard InChI is InChI=1S/C17H22ClN5/c1-2-22-7-9-23(10-8-22)17-11-14(3-5-20-17)13-21-15-4-6-19-16(18)12-15/h3-6,11-12H,2,7-10,13H2,1H3,(H,19,21). The lowest BCUT2D eigenvalue weighted by Gasteiger charge is -2.34. The van der Waals surface area contributed by atoms with Gasteiger partial charge in [0.2, 0.25) is 0 Å². The summed E-state index contributed by atoms with van der Waals surface area (Å²) >= 11 is 5.91. The van der Waals surface area contributed by atoms with Crippen molar-refractivity contribution in [2.45, 2.75) is 13.5 Å². The van der Waals surface area contributed by atoms with Crippen LogP contribution < -0.4 is 10.2 Å². The molecule has 5 nitrogen and oxygen atoms in total. The van der Waals surface area contributed by atoms with Crippen LogP contribution in [-0.2, 0) is 6.54 Å². The van der Waals surface area contributed by atoms with Crippen LogP contribution in [0.15, 0.2) is 36.7 Å². The van der Waals surface area contributed by atoms with Gasteiger partial charge in [-0.2, -0.15) is 0 Å². The fourth-order valence-corrected chi connectivity index (χ4v) is 2.93. The number of rotatable bonds is 5. The van der Waals surface area contributed by atoms with E-state index in [0.717, 1.165) is 50.8 Å². The van der Waals surface area contributed by atoms with E-state index in [1.807, 2.05) is 24.4 Å². The van der Waals surface area contributed by atoms with Crippen LogP contribution in [0.4, 0.5) is 11.5 Å². The number of hydrogen-bond acceptors (Lipinski definition) is 5. The van der Waals surface area contributed by atoms with Gasteiger partial charge >= 0.3 is 0 Å². The molecule has 0 amide bonds. The maximum atomic E-state index is 5.91. The summed E-state index contributed by atoms with van der Waals surface area (Å²) in [5.41, 5.74) is 2.18. The van der Waals surface area contributed by atoms with E-state index in [9.17, 15) is 0 Å². The van der Waals surface area contributed by atoms with Gasteiger partial charge in [-0.15, -0.1) is 0 Å². The van der Waals surface area contributed by atoms with Gasteiger partial charge in [0.1, 0.15) is 11.0 Å². The van der Waals surface area contributed by atoms with Crippen molar-refractivity contribution >= 4 is 23.1 Å². The summed E-state index contributed by atoms with van der Waals surface area (Å²) in [6, 6.07) is 7.95. The summed E-state index contributed by atoms with van der Waals surface area (Å²) in [5, 5.41) is 3.87. The first-order valence-corrected chi connectivity index (χ1v) is 8.40. The van der Waals surface area contributed by atoms with Crippen molar-refractivity contribution in [3.8, 4) is 0 Å². The number of nitrogens with one attached hydrogen (secondary N) is 1. The van der Waals surface area contributed by atoms with Crippen LogP contribution >= 0.6 is 11.6 Å². The molecule has 122 valence electrons. The lowest BCUT2D eigenvalue weighted by atomic mass is 10.2. The molecule has 23 heavy (non-hydrogen) atoms. The van der Waals surface area contributed by atoms with Crippen molar-refractivity contribution < 1.29 is 0 Å². The van der Waals surface area contributed by atoms with Crippen molar-refractivity contribution in [1.82, 2.24) is 14.9 Å². The monoisotopic (exact) mass is 331 g/mol. The zero-order chi connectivity index (χ0) is 16.1. The maximum Gasteiger partial charge on any atom is 0.131 e. The Morgan fingerprint density at radius 3 is 2.61 bits per heavy atom. The SMILES string of the molecule is CCN1CCN(c2cc(CNc3ccnc(Cl)c3)ccn2)CC1. The fraction of sp³-hybridized carbons (Fsp3) is 0.412. The van der Waals surface area contributed by atoms with Crippen LogP contribution in [-0.4, -0.2) is 47.6 Å². The number of likely N-dealkylation sites (N-methyl/N-ethyl adjacent to an activating group) is 1. The van der Waals surface area contributed by atoms with E-state index < -0.39 is 0 Å². The molecule has 0 radical (unpaired) electrons. The lowest BCUT2D eigenvalue weighted by molar-refractivity contribution is 0.270. The third-order valence-corrected chi connectivity index (χ3v) is 4.38. The van der Waals surface area contributed by atoms with Gasteiger partial charge in [-0.05, 0) is 36.4 Å². The Kier molecular flexibility index (Phi) is 5.31. The molecule has 1 aliphatic rings. The molecule has 0 unspecified atom stereocenters. The quantitative estimate of drug-likeness (QED) is 0.853. The molecule has 1 fully saturated rings. The van der Waals surface area contributed by atoms with Crippen molar-refractivity contribution in [1.29, 1.82) is 0 Å². The second-order valence-electron chi connectivity index (χ2n) is 5.66. The minimum Gasteiger partial charge on any atom is -0.381 e. The summed E-state index contributed by atoms with van der Waals surface area (Å²) in [4.78, 5) is 13.3. The molecule has 6 heteroatoms. The van der Waals surface area contributed by atoms with Crippen molar-refractivity contribution in [2.75, 3.05) is 42.9 Å². The third-order valence-electron chi connectivity index (χ3n) is 4.18. The molecule has 3 rings (SSSR count). The minimum absolute atomic E-state index is 0.499. The summed E-state index contributed by atoms with van der Waals surface area (Å²) in [6.07, 6.45) is 3.59. The van der Waals surface area contributed by atoms with E-state index in [4.69, 9.17) is 11.6 Å². The second kappa shape index (κ2) is 7.62. The number of halogens is 1. The molecule has 2 aromatic rings. The highest BCUT2D eigenvalue weighted by molar-refractivity contribution is 6.29. The van der Waals surface area contributed by atoms with Crippen molar-refractivity contribution in [3.63, 3.8) is 0 Å². The third kappa shape index (κ3) is 4.33. The predicted molar refractivity (Wildman–Crippen MR) is 95.1 cm³/mol. The Hall–Kier alpha value is -1.85. The van der Waals surface area contributed by atoms with Gasteiger partial charge in [-0.1, -0.05) is 18.5 Å². The highest BCUT2D eigenvalue weighted by atomic mass is 35.5. The summed E-state index contributed by atoms with van der Waals surface area (Å²) in [7, 11) is 0. The largest absolute Gasteiger partial charge is 0.381 e. The van der Waals surface area contributed by atoms with Crippen LogP contribution in [0.1, 0.15) is 12.5 Å². The first-order chi connectivity index (χ1) is 11.2. The number of hydrogen-bond donors (Lipinski definition) is 1. The van der Waals surface area contributed by atoms with E-state index in [2.05, 4.69) is 38.1 Å². The number of anilines is 2. The van der Waals surface area contributed by atoms with Crippen LogP contribution in [0, 0.1) is 0 Å². The molecule has 0 aromatic carbocycles. The molecule has 3 heterocycles. The fourth-order valence-electron chi connectivity index (χ4n) is 2.75. The first-order valence-electron chi connectivity index (χ1n) is 8.02. The molecule has 0 atom stereocenters. The molecular weight excluding hydrogens is 310 g/mol. The zero-order valence-corrected chi connectivity index (χ0v) is 14.1. The Morgan fingerprint density at radius 1 is 1.09 bits per heavy atom. The Morgan fingerprint density at radius 2 is 1.87 bits per heavy atom. The molecule has 1 aliphatic heterocycles. The maximum absolute atomic E-state index is 5.91. The number of nitrogens with zero attached hydrogens (tertiary/aromatic N) is 4. The zero-order valence-electron chi connectivity index (χ0n) is 13.4. The highest BCUT2D eigenvalue weighted by Crippen LogP contribution is 2.17. The number of aromatic nitrogens is 2. The highest BCUT2D eigenvalue weighted by Gasteiger charge is 2.16. The van der Waals surface area contributed by atoms with E-state index in [-0.39, 0.29) is 0 Å². The molecule has 0 bridgehead atoms. The van der Waals surface area contributed by atoms with Crippen LogP contribution in [0.2, 0.25) is 5.15 Å². The summed E-state index contributed by atoms with van der Waals surface area (Å²) in [5.74, 6) is 1.06. The molecule has 1 saturated heterocycles. The topological polar surface area (TPSA) is 44.3 Å². The molecule has 1 N–H and O–H groups in total. The van der Waals surface area contributed by atoms with Gasteiger partial charge in [0.25, 0.3) is 0 Å². The van der Waals surface area contributed by atoms with Gasteiger partial charge in [-0.3, -0.25) is 0 Å². The van der Waals surface area contributed by atoms with Crippen molar-refractivity contribution in [2.24, 2.45) is 0 Å². The average molecular weight is 332 g/mol. The Balaban J connectivity index is 1.61. The van der Waals surface area contributed by atoms with Crippen LogP contribution in [0.25, 0.3) is 0 Å². The minimum atomic E-state index is 0.499. The van der Waals surface area contributed by atoms with Gasteiger partial charge in [0.15, 0.2) is 0 Å². The number of pyridine rings is 2. The lowest BCUT2D eigenvalue weighted by Crippen LogP contribution is -2.46.